The van der Waals surface area contributed by atoms with Gasteiger partial charge in [0.05, 0.1) is 28.9 Å². The number of carbonyl (C=O) groups excluding carboxylic acids is 1. The van der Waals surface area contributed by atoms with Crippen molar-refractivity contribution in [3.63, 3.8) is 0 Å². The van der Waals surface area contributed by atoms with Gasteiger partial charge in [0.2, 0.25) is 0 Å². The molecular formula is C26H25F4N5O2. The summed E-state index contributed by atoms with van der Waals surface area (Å²) in [7, 11) is 0. The molecule has 3 aromatic rings. The third kappa shape index (κ3) is 6.27. The first-order valence-electron chi connectivity index (χ1n) is 11.7. The summed E-state index contributed by atoms with van der Waals surface area (Å²) in [4.78, 5) is 23.8. The molecule has 0 saturated carbocycles. The van der Waals surface area contributed by atoms with Crippen LogP contribution in [0.2, 0.25) is 0 Å². The molecular weight excluding hydrogens is 490 g/mol. The highest BCUT2D eigenvalue weighted by Crippen LogP contribution is 2.32. The van der Waals surface area contributed by atoms with Gasteiger partial charge in [0.15, 0.2) is 0 Å². The second-order valence-electron chi connectivity index (χ2n) is 8.81. The van der Waals surface area contributed by atoms with Crippen molar-refractivity contribution >= 4 is 6.09 Å². The highest BCUT2D eigenvalue weighted by atomic mass is 19.4. The van der Waals surface area contributed by atoms with Gasteiger partial charge in [-0.1, -0.05) is 24.3 Å². The van der Waals surface area contributed by atoms with Gasteiger partial charge in [0.1, 0.15) is 18.2 Å². The minimum absolute atomic E-state index is 0.0495. The minimum atomic E-state index is -4.83. The molecule has 0 aliphatic carbocycles. The first-order chi connectivity index (χ1) is 17.7. The summed E-state index contributed by atoms with van der Waals surface area (Å²) in [6, 6.07) is 12.3. The third-order valence-corrected chi connectivity index (χ3v) is 6.34. The van der Waals surface area contributed by atoms with Crippen LogP contribution in [0.1, 0.15) is 39.8 Å². The number of hydrogen-bond acceptors (Lipinski definition) is 5. The van der Waals surface area contributed by atoms with Crippen molar-refractivity contribution in [1.29, 1.82) is 5.26 Å². The van der Waals surface area contributed by atoms with Gasteiger partial charge in [-0.25, -0.2) is 14.2 Å². The van der Waals surface area contributed by atoms with Crippen LogP contribution >= 0.6 is 0 Å². The van der Waals surface area contributed by atoms with E-state index in [1.54, 1.807) is 18.3 Å². The quantitative estimate of drug-likeness (QED) is 0.468. The summed E-state index contributed by atoms with van der Waals surface area (Å²) in [5.41, 5.74) is 0.824. The zero-order valence-electron chi connectivity index (χ0n) is 20.1. The van der Waals surface area contributed by atoms with Crippen LogP contribution in [0.25, 0.3) is 0 Å². The second kappa shape index (κ2) is 11.0. The largest absolute Gasteiger partial charge is 0.444 e. The molecule has 1 unspecified atom stereocenters. The summed E-state index contributed by atoms with van der Waals surface area (Å²) in [6.07, 6.45) is -3.10. The normalized spacial score (nSPS) is 15.3. The number of benzene rings is 2. The number of rotatable bonds is 6. The van der Waals surface area contributed by atoms with Gasteiger partial charge < -0.3 is 14.6 Å². The lowest BCUT2D eigenvalue weighted by atomic mass is 10.0. The molecule has 1 fully saturated rings. The second-order valence-corrected chi connectivity index (χ2v) is 8.81. The van der Waals surface area contributed by atoms with Crippen LogP contribution in [0.5, 0.6) is 0 Å². The number of nitrogens with one attached hydrogen (secondary N) is 1. The number of aryl methyl sites for hydroxylation is 1. The van der Waals surface area contributed by atoms with Crippen LogP contribution in [0.3, 0.4) is 0 Å². The molecule has 1 saturated heterocycles. The van der Waals surface area contributed by atoms with E-state index < -0.39 is 30.3 Å². The van der Waals surface area contributed by atoms with E-state index in [4.69, 9.17) is 10.00 Å². The average molecular weight is 516 g/mol. The van der Waals surface area contributed by atoms with Crippen molar-refractivity contribution in [1.82, 2.24) is 19.8 Å². The molecule has 0 bridgehead atoms. The molecule has 1 amide bonds. The average Bonchev–Trinajstić information content (AvgIpc) is 3.32. The Labute approximate surface area is 211 Å². The number of piperazine rings is 1. The monoisotopic (exact) mass is 515 g/mol. The number of alkyl halides is 3. The first-order valence-corrected chi connectivity index (χ1v) is 11.7. The Bertz CT molecular complexity index is 1280. The molecule has 11 heteroatoms. The number of halogens is 4. The van der Waals surface area contributed by atoms with E-state index in [0.29, 0.717) is 44.2 Å². The van der Waals surface area contributed by atoms with E-state index in [1.807, 2.05) is 19.1 Å². The van der Waals surface area contributed by atoms with Crippen molar-refractivity contribution < 1.29 is 27.1 Å². The zero-order valence-corrected chi connectivity index (χ0v) is 20.1. The fourth-order valence-corrected chi connectivity index (χ4v) is 4.34. The van der Waals surface area contributed by atoms with Gasteiger partial charge in [0.25, 0.3) is 0 Å². The molecule has 1 N–H and O–H groups in total. The van der Waals surface area contributed by atoms with Crippen LogP contribution in [0.4, 0.5) is 22.4 Å². The summed E-state index contributed by atoms with van der Waals surface area (Å²) in [5.74, 6) is -0.656. The highest BCUT2D eigenvalue weighted by molar-refractivity contribution is 5.67. The van der Waals surface area contributed by atoms with Gasteiger partial charge in [-0.05, 0) is 37.1 Å². The summed E-state index contributed by atoms with van der Waals surface area (Å²) in [5, 5.41) is 9.05. The molecule has 2 heterocycles. The van der Waals surface area contributed by atoms with Crippen LogP contribution in [0.15, 0.2) is 48.7 Å². The number of ether oxygens (including phenoxy) is 1. The lowest BCUT2D eigenvalue weighted by molar-refractivity contribution is -0.140. The van der Waals surface area contributed by atoms with Crippen molar-refractivity contribution in [3.8, 4) is 6.07 Å². The van der Waals surface area contributed by atoms with E-state index in [0.717, 1.165) is 29.2 Å². The standard InChI is InChI=1S/C26H25F4N5O2/c1-17-32-15-22(33-17)23(13-18-5-7-19(14-31)8-6-18)34-9-11-35(12-10-34)25(36)37-16-20-3-2-4-21(24(20)27)26(28,29)30/h2-8,15,23H,9-13,16H2,1H3,(H,32,33). The van der Waals surface area contributed by atoms with Crippen LogP contribution in [-0.4, -0.2) is 52.0 Å². The highest BCUT2D eigenvalue weighted by Gasteiger charge is 2.35. The lowest BCUT2D eigenvalue weighted by Crippen LogP contribution is -2.50. The molecule has 0 radical (unpaired) electrons. The maximum atomic E-state index is 14.2. The smallest absolute Gasteiger partial charge is 0.419 e. The first kappa shape index (κ1) is 26.2. The summed E-state index contributed by atoms with van der Waals surface area (Å²) >= 11 is 0. The Balaban J connectivity index is 1.38. The molecule has 1 atom stereocenters. The lowest BCUT2D eigenvalue weighted by Gasteiger charge is -2.38. The predicted molar refractivity (Wildman–Crippen MR) is 126 cm³/mol. The topological polar surface area (TPSA) is 85.2 Å². The molecule has 1 aliphatic heterocycles. The Morgan fingerprint density at radius 2 is 1.86 bits per heavy atom. The van der Waals surface area contributed by atoms with E-state index in [2.05, 4.69) is 20.9 Å². The Morgan fingerprint density at radius 3 is 2.46 bits per heavy atom. The fraction of sp³-hybridized carbons (Fsp3) is 0.346. The number of hydrogen-bond donors (Lipinski definition) is 1. The minimum Gasteiger partial charge on any atom is -0.444 e. The van der Waals surface area contributed by atoms with Crippen molar-refractivity contribution in [2.75, 3.05) is 26.2 Å². The number of aromatic nitrogens is 2. The van der Waals surface area contributed by atoms with Gasteiger partial charge in [-0.2, -0.15) is 18.4 Å². The van der Waals surface area contributed by atoms with E-state index in [-0.39, 0.29) is 11.6 Å². The van der Waals surface area contributed by atoms with E-state index in [1.165, 1.54) is 4.90 Å². The number of H-pyrrole nitrogens is 1. The van der Waals surface area contributed by atoms with Gasteiger partial charge in [-0.3, -0.25) is 4.90 Å². The maximum Gasteiger partial charge on any atom is 0.419 e. The zero-order chi connectivity index (χ0) is 26.6. The Kier molecular flexibility index (Phi) is 7.78. The van der Waals surface area contributed by atoms with Crippen LogP contribution in [0, 0.1) is 24.1 Å². The number of aromatic amines is 1. The molecule has 2 aromatic carbocycles. The predicted octanol–water partition coefficient (Wildman–Crippen LogP) is 4.99. The molecule has 194 valence electrons. The van der Waals surface area contributed by atoms with E-state index in [9.17, 15) is 22.4 Å². The Hall–Kier alpha value is -3.91. The molecule has 37 heavy (non-hydrogen) atoms. The molecule has 1 aromatic heterocycles. The van der Waals surface area contributed by atoms with Gasteiger partial charge in [-0.15, -0.1) is 0 Å². The molecule has 7 nitrogen and oxygen atoms in total. The maximum absolute atomic E-state index is 14.2. The molecule has 0 spiro atoms. The SMILES string of the molecule is Cc1ncc(C(Cc2ccc(C#N)cc2)N2CCN(C(=O)OCc3cccc(C(F)(F)F)c3F)CC2)[nH]1. The summed E-state index contributed by atoms with van der Waals surface area (Å²) in [6.45, 7) is 2.98. The number of nitrogens with zero attached hydrogens (tertiary/aromatic N) is 4. The third-order valence-electron chi connectivity index (χ3n) is 6.34. The Morgan fingerprint density at radius 1 is 1.16 bits per heavy atom. The van der Waals surface area contributed by atoms with Gasteiger partial charge >= 0.3 is 12.3 Å². The number of imidazole rings is 1. The number of nitriles is 1. The van der Waals surface area contributed by atoms with Gasteiger partial charge in [0, 0.05) is 37.9 Å². The fourth-order valence-electron chi connectivity index (χ4n) is 4.34. The van der Waals surface area contributed by atoms with Crippen LogP contribution in [-0.2, 0) is 23.9 Å². The number of amides is 1. The van der Waals surface area contributed by atoms with Crippen LogP contribution < -0.4 is 0 Å². The number of carbonyl (C=O) groups is 1. The van der Waals surface area contributed by atoms with Crippen molar-refractivity contribution in [3.05, 3.63) is 88.3 Å². The van der Waals surface area contributed by atoms with E-state index >= 15 is 0 Å². The summed E-state index contributed by atoms with van der Waals surface area (Å²) < 4.78 is 58.2. The molecule has 1 aliphatic rings. The van der Waals surface area contributed by atoms with Crippen molar-refractivity contribution in [2.24, 2.45) is 0 Å². The molecule has 4 rings (SSSR count). The van der Waals surface area contributed by atoms with Crippen molar-refractivity contribution in [2.45, 2.75) is 32.2 Å².